The second-order valence-electron chi connectivity index (χ2n) is 25.8. The van der Waals surface area contributed by atoms with E-state index in [-0.39, 0.29) is 32.2 Å². The molecule has 0 heterocycles. The molecule has 0 fully saturated rings. The molecular formula is C84H140NO8+. The van der Waals surface area contributed by atoms with Crippen molar-refractivity contribution in [1.29, 1.82) is 0 Å². The maximum absolute atomic E-state index is 12.9. The molecule has 0 aromatic heterocycles. The highest BCUT2D eigenvalue weighted by Crippen LogP contribution is 2.17. The molecule has 2 unspecified atom stereocenters. The van der Waals surface area contributed by atoms with Crippen molar-refractivity contribution in [1.82, 2.24) is 0 Å². The largest absolute Gasteiger partial charge is 0.477 e. The second-order valence-corrected chi connectivity index (χ2v) is 25.8. The van der Waals surface area contributed by atoms with Crippen molar-refractivity contribution in [3.63, 3.8) is 0 Å². The Labute approximate surface area is 572 Å². The quantitative estimate of drug-likeness (QED) is 0.0211. The first-order chi connectivity index (χ1) is 45.6. The SMILES string of the molecule is CC/C=C\C/C=C\C/C=C\C/C=C\C/C=C\C/C=C\C/C=C\CCCCCCCC(=O)OC(COC(=O)CCCCCCCCCCCCCCCCCCCCCCCC/C=C\C/C=C\C/C=C\C/C=C\C/C=C\C/C=C\CC)COC(OCC[N+](C)(C)C)C(=O)O. The number of esters is 2. The van der Waals surface area contributed by atoms with E-state index in [1.165, 1.54) is 128 Å². The molecule has 0 aliphatic carbocycles. The van der Waals surface area contributed by atoms with Crippen LogP contribution in [0.1, 0.15) is 296 Å². The Hall–Kier alpha value is -5.09. The summed E-state index contributed by atoms with van der Waals surface area (Å²) < 4.78 is 23.0. The van der Waals surface area contributed by atoms with Crippen LogP contribution in [0.2, 0.25) is 0 Å². The summed E-state index contributed by atoms with van der Waals surface area (Å²) in [4.78, 5) is 37.7. The van der Waals surface area contributed by atoms with E-state index in [2.05, 4.69) is 172 Å². The lowest BCUT2D eigenvalue weighted by molar-refractivity contribution is -0.870. The van der Waals surface area contributed by atoms with Crippen LogP contribution in [0, 0.1) is 0 Å². The third kappa shape index (κ3) is 74.2. The number of likely N-dealkylation sites (N-methyl/N-ethyl adjacent to an activating group) is 1. The van der Waals surface area contributed by atoms with Gasteiger partial charge in [0.15, 0.2) is 6.10 Å². The molecule has 1 N–H and O–H groups in total. The van der Waals surface area contributed by atoms with E-state index < -0.39 is 24.3 Å². The van der Waals surface area contributed by atoms with E-state index >= 15 is 0 Å². The van der Waals surface area contributed by atoms with Gasteiger partial charge < -0.3 is 28.5 Å². The van der Waals surface area contributed by atoms with E-state index in [0.29, 0.717) is 23.9 Å². The van der Waals surface area contributed by atoms with Crippen LogP contribution in [0.25, 0.3) is 0 Å². The van der Waals surface area contributed by atoms with Gasteiger partial charge in [0, 0.05) is 12.8 Å². The molecule has 0 saturated carbocycles. The van der Waals surface area contributed by atoms with Gasteiger partial charge in [-0.2, -0.15) is 0 Å². The Morgan fingerprint density at radius 2 is 0.581 bits per heavy atom. The molecule has 0 radical (unpaired) electrons. The molecule has 0 saturated heterocycles. The van der Waals surface area contributed by atoms with Gasteiger partial charge in [0.25, 0.3) is 6.29 Å². The second kappa shape index (κ2) is 72.7. The number of carboxylic acids is 1. The molecule has 0 aliphatic heterocycles. The Morgan fingerprint density at radius 1 is 0.323 bits per heavy atom. The van der Waals surface area contributed by atoms with Crippen LogP contribution in [-0.4, -0.2) is 87.4 Å². The number of ether oxygens (including phenoxy) is 4. The van der Waals surface area contributed by atoms with Crippen LogP contribution < -0.4 is 0 Å². The van der Waals surface area contributed by atoms with Crippen molar-refractivity contribution in [3.8, 4) is 0 Å². The fourth-order valence-electron chi connectivity index (χ4n) is 10.1. The van der Waals surface area contributed by atoms with Crippen molar-refractivity contribution >= 4 is 17.9 Å². The monoisotopic (exact) mass is 1290 g/mol. The van der Waals surface area contributed by atoms with Gasteiger partial charge >= 0.3 is 17.9 Å². The maximum Gasteiger partial charge on any atom is 0.361 e. The first kappa shape index (κ1) is 87.9. The number of aliphatic carboxylic acids is 1. The Morgan fingerprint density at radius 3 is 0.860 bits per heavy atom. The molecule has 528 valence electrons. The summed E-state index contributed by atoms with van der Waals surface area (Å²) in [6, 6.07) is 0. The molecule has 0 spiro atoms. The normalized spacial score (nSPS) is 13.6. The summed E-state index contributed by atoms with van der Waals surface area (Å²) >= 11 is 0. The van der Waals surface area contributed by atoms with E-state index in [1.54, 1.807) is 0 Å². The van der Waals surface area contributed by atoms with Gasteiger partial charge in [0.1, 0.15) is 13.2 Å². The molecule has 0 bridgehead atoms. The number of nitrogens with zero attached hydrogens (tertiary/aromatic N) is 1. The maximum atomic E-state index is 12.9. The molecule has 0 aliphatic rings. The standard InChI is InChI=1S/C84H139NO8/c1-6-8-10-12-14-16-18-20-22-24-26-28-30-32-34-35-36-37-38-39-40-41-42-43-44-45-46-47-49-50-52-54-56-58-60-62-64-66-68-70-72-74-81(86)91-78-80(79-92-84(83(88)89)90-77-76-85(3,4)5)93-82(87)75-73-71-69-67-65-63-61-59-57-55-53-51-48-33-31-29-27-25-23-21-19-17-15-13-11-9-7-2/h8-11,14-17,20-23,26-29,32-34,36-37,48,53,55,59,61,80,84H,6-7,12-13,18-19,24-25,30-31,35,38-47,49-52,54,56-58,60,62-79H2,1-5H3/p+1/b10-8-,11-9-,16-14-,17-15-,22-20-,23-21-,28-26-,29-27-,34-32-,37-36-,48-33-,55-53-,61-59-. The zero-order valence-electron chi connectivity index (χ0n) is 60.4. The number of hydrogen-bond acceptors (Lipinski definition) is 7. The number of carbonyl (C=O) groups is 3. The van der Waals surface area contributed by atoms with Gasteiger partial charge in [-0.3, -0.25) is 9.59 Å². The van der Waals surface area contributed by atoms with E-state index in [9.17, 15) is 19.5 Å². The van der Waals surface area contributed by atoms with Gasteiger partial charge in [0.2, 0.25) is 0 Å². The topological polar surface area (TPSA) is 108 Å². The molecule has 9 nitrogen and oxygen atoms in total. The van der Waals surface area contributed by atoms with Crippen LogP contribution in [0.5, 0.6) is 0 Å². The highest BCUT2D eigenvalue weighted by Gasteiger charge is 2.25. The molecule has 0 aromatic carbocycles. The van der Waals surface area contributed by atoms with Crippen molar-refractivity contribution in [3.05, 3.63) is 158 Å². The molecular weight excluding hydrogens is 1150 g/mol. The van der Waals surface area contributed by atoms with Crippen LogP contribution in [-0.2, 0) is 33.3 Å². The van der Waals surface area contributed by atoms with Crippen LogP contribution in [0.3, 0.4) is 0 Å². The summed E-state index contributed by atoms with van der Waals surface area (Å²) in [6.07, 6.45) is 105. The number of hydrogen-bond donors (Lipinski definition) is 1. The first-order valence-electron chi connectivity index (χ1n) is 37.6. The van der Waals surface area contributed by atoms with E-state index in [1.807, 2.05) is 21.1 Å². The third-order valence-corrected chi connectivity index (χ3v) is 15.8. The minimum atomic E-state index is -1.53. The number of rotatable bonds is 68. The Bertz CT molecular complexity index is 2090. The van der Waals surface area contributed by atoms with Gasteiger partial charge in [-0.05, 0) is 122 Å². The van der Waals surface area contributed by atoms with Crippen LogP contribution in [0.4, 0.5) is 0 Å². The summed E-state index contributed by atoms with van der Waals surface area (Å²) in [7, 11) is 5.97. The average Bonchev–Trinajstić information content (AvgIpc) is 3.38. The Balaban J connectivity index is 4.07. The van der Waals surface area contributed by atoms with Crippen molar-refractivity contribution in [2.45, 2.75) is 309 Å². The van der Waals surface area contributed by atoms with Gasteiger partial charge in [0.05, 0.1) is 34.4 Å². The lowest BCUT2D eigenvalue weighted by Crippen LogP contribution is -2.40. The zero-order valence-corrected chi connectivity index (χ0v) is 60.4. The Kier molecular flexibility index (Phi) is 68.8. The molecule has 0 amide bonds. The predicted octanol–water partition coefficient (Wildman–Crippen LogP) is 24.0. The lowest BCUT2D eigenvalue weighted by atomic mass is 10.0. The molecule has 93 heavy (non-hydrogen) atoms. The number of allylic oxidation sites excluding steroid dienone is 26. The van der Waals surface area contributed by atoms with Crippen molar-refractivity contribution in [2.24, 2.45) is 0 Å². The number of unbranched alkanes of at least 4 members (excludes halogenated alkanes) is 27. The molecule has 0 rings (SSSR count). The van der Waals surface area contributed by atoms with Gasteiger partial charge in [-0.1, -0.05) is 320 Å². The smallest absolute Gasteiger partial charge is 0.361 e. The minimum absolute atomic E-state index is 0.177. The summed E-state index contributed by atoms with van der Waals surface area (Å²) in [6.45, 7) is 4.63. The summed E-state index contributed by atoms with van der Waals surface area (Å²) in [5.74, 6) is -2.03. The first-order valence-corrected chi connectivity index (χ1v) is 37.6. The third-order valence-electron chi connectivity index (χ3n) is 15.8. The van der Waals surface area contributed by atoms with Crippen LogP contribution in [0.15, 0.2) is 158 Å². The average molecular weight is 1290 g/mol. The van der Waals surface area contributed by atoms with E-state index in [0.717, 1.165) is 135 Å². The fraction of sp³-hybridized carbons (Fsp3) is 0.655. The highest BCUT2D eigenvalue weighted by atomic mass is 16.7. The summed E-state index contributed by atoms with van der Waals surface area (Å²) in [5.41, 5.74) is 0. The lowest BCUT2D eigenvalue weighted by Gasteiger charge is -2.25. The predicted molar refractivity (Wildman–Crippen MR) is 400 cm³/mol. The number of quaternary nitrogens is 1. The molecule has 9 heteroatoms. The van der Waals surface area contributed by atoms with Crippen LogP contribution >= 0.6 is 0 Å². The van der Waals surface area contributed by atoms with Gasteiger partial charge in [-0.15, -0.1) is 0 Å². The highest BCUT2D eigenvalue weighted by molar-refractivity contribution is 5.71. The van der Waals surface area contributed by atoms with Crippen molar-refractivity contribution < 1.29 is 42.9 Å². The van der Waals surface area contributed by atoms with E-state index in [4.69, 9.17) is 18.9 Å². The van der Waals surface area contributed by atoms with Crippen molar-refractivity contribution in [2.75, 3.05) is 47.5 Å². The van der Waals surface area contributed by atoms with Gasteiger partial charge in [-0.25, -0.2) is 4.79 Å². The zero-order chi connectivity index (χ0) is 67.5. The summed E-state index contributed by atoms with van der Waals surface area (Å²) in [5, 5.41) is 9.76. The number of carbonyl (C=O) groups excluding carboxylic acids is 2. The minimum Gasteiger partial charge on any atom is -0.477 e. The molecule has 2 atom stereocenters. The number of carboxylic acid groups (broad SMARTS) is 1. The molecule has 0 aromatic rings. The fourth-order valence-corrected chi connectivity index (χ4v) is 10.1.